The summed E-state index contributed by atoms with van der Waals surface area (Å²) in [6.45, 7) is 0.931. The molecule has 0 radical (unpaired) electrons. The monoisotopic (exact) mass is 347 g/mol. The van der Waals surface area contributed by atoms with Gasteiger partial charge in [0.05, 0.1) is 22.9 Å². The van der Waals surface area contributed by atoms with Crippen molar-refractivity contribution < 1.29 is 9.90 Å². The Morgan fingerprint density at radius 3 is 2.92 bits per heavy atom. The fourth-order valence-corrected chi connectivity index (χ4v) is 3.96. The number of imidazole rings is 1. The van der Waals surface area contributed by atoms with Crippen LogP contribution in [0.25, 0.3) is 11.0 Å². The Morgan fingerprint density at radius 1 is 1.42 bits per heavy atom. The quantitative estimate of drug-likeness (QED) is 0.872. The topological polar surface area (TPSA) is 58.4 Å². The number of hydrogen-bond acceptors (Lipinski definition) is 4. The lowest BCUT2D eigenvalue weighted by Crippen LogP contribution is -2.36. The number of aromatic nitrogens is 2. The van der Waals surface area contributed by atoms with Gasteiger partial charge in [-0.1, -0.05) is 18.6 Å². The molecule has 0 aliphatic heterocycles. The van der Waals surface area contributed by atoms with Crippen LogP contribution in [0.5, 0.6) is 0 Å². The van der Waals surface area contributed by atoms with Gasteiger partial charge in [0.15, 0.2) is 0 Å². The first-order chi connectivity index (χ1) is 11.6. The number of amides is 1. The lowest BCUT2D eigenvalue weighted by molar-refractivity contribution is -0.131. The molecular formula is C18H25N3O2S. The first-order valence-electron chi connectivity index (χ1n) is 8.45. The average Bonchev–Trinajstić information content (AvgIpc) is 3.12. The van der Waals surface area contributed by atoms with E-state index in [0.717, 1.165) is 41.9 Å². The predicted molar refractivity (Wildman–Crippen MR) is 97.9 cm³/mol. The number of likely N-dealkylation sites (N-methyl/N-ethyl adjacent to an activating group) is 1. The molecule has 1 heterocycles. The van der Waals surface area contributed by atoms with Crippen LogP contribution in [0.4, 0.5) is 0 Å². The largest absolute Gasteiger partial charge is 0.393 e. The van der Waals surface area contributed by atoms with Gasteiger partial charge < -0.3 is 14.6 Å². The molecule has 1 aromatic heterocycles. The Labute approximate surface area is 147 Å². The third-order valence-electron chi connectivity index (χ3n) is 4.85. The van der Waals surface area contributed by atoms with Crippen LogP contribution in [0.3, 0.4) is 0 Å². The standard InChI is InChI=1S/C18H25N3O2S/c1-20(10-13-6-5-9-16(13)22)18(23)11-21-15-8-4-3-7-14(15)19-17(21)12-24-2/h3-4,7-8,13,16,22H,5-6,9-12H2,1-2H3. The maximum absolute atomic E-state index is 12.7. The highest BCUT2D eigenvalue weighted by Crippen LogP contribution is 2.26. The van der Waals surface area contributed by atoms with Gasteiger partial charge in [0.1, 0.15) is 12.4 Å². The van der Waals surface area contributed by atoms with Crippen LogP contribution in [0.15, 0.2) is 24.3 Å². The zero-order valence-corrected chi connectivity index (χ0v) is 15.1. The summed E-state index contributed by atoms with van der Waals surface area (Å²) in [5.74, 6) is 2.00. The Balaban J connectivity index is 1.75. The Morgan fingerprint density at radius 2 is 2.21 bits per heavy atom. The van der Waals surface area contributed by atoms with Gasteiger partial charge in [-0.2, -0.15) is 11.8 Å². The second-order valence-corrected chi connectivity index (χ2v) is 7.43. The van der Waals surface area contributed by atoms with Gasteiger partial charge in [0.25, 0.3) is 0 Å². The third kappa shape index (κ3) is 3.59. The second-order valence-electron chi connectivity index (χ2n) is 6.57. The molecule has 1 amide bonds. The molecule has 6 heteroatoms. The van der Waals surface area contributed by atoms with Crippen LogP contribution in [0.1, 0.15) is 25.1 Å². The molecule has 2 atom stereocenters. The van der Waals surface area contributed by atoms with Crippen LogP contribution in [0, 0.1) is 5.92 Å². The maximum atomic E-state index is 12.7. The van der Waals surface area contributed by atoms with Crippen molar-refractivity contribution in [2.45, 2.75) is 37.7 Å². The highest BCUT2D eigenvalue weighted by Gasteiger charge is 2.27. The van der Waals surface area contributed by atoms with Gasteiger partial charge in [-0.05, 0) is 31.2 Å². The number of nitrogens with zero attached hydrogens (tertiary/aromatic N) is 3. The minimum Gasteiger partial charge on any atom is -0.393 e. The second kappa shape index (κ2) is 7.57. The first-order valence-corrected chi connectivity index (χ1v) is 9.84. The van der Waals surface area contributed by atoms with E-state index in [9.17, 15) is 9.90 Å². The number of para-hydroxylation sites is 2. The molecule has 2 aromatic rings. The number of carbonyl (C=O) groups excluding carboxylic acids is 1. The van der Waals surface area contributed by atoms with Crippen LogP contribution in [-0.4, -0.2) is 51.4 Å². The van der Waals surface area contributed by atoms with Crippen molar-refractivity contribution in [3.05, 3.63) is 30.1 Å². The van der Waals surface area contributed by atoms with Crippen molar-refractivity contribution in [1.29, 1.82) is 0 Å². The number of aliphatic hydroxyl groups is 1. The fraction of sp³-hybridized carbons (Fsp3) is 0.556. The van der Waals surface area contributed by atoms with Gasteiger partial charge >= 0.3 is 0 Å². The number of carbonyl (C=O) groups is 1. The summed E-state index contributed by atoms with van der Waals surface area (Å²) in [5.41, 5.74) is 1.94. The molecule has 24 heavy (non-hydrogen) atoms. The normalized spacial score (nSPS) is 20.6. The van der Waals surface area contributed by atoms with E-state index in [1.165, 1.54) is 0 Å². The molecule has 0 saturated heterocycles. The fourth-order valence-electron chi connectivity index (χ4n) is 3.48. The zero-order valence-electron chi connectivity index (χ0n) is 14.3. The highest BCUT2D eigenvalue weighted by molar-refractivity contribution is 7.97. The van der Waals surface area contributed by atoms with Crippen molar-refractivity contribution >= 4 is 28.7 Å². The van der Waals surface area contributed by atoms with E-state index in [1.807, 2.05) is 42.1 Å². The zero-order chi connectivity index (χ0) is 17.1. The number of aliphatic hydroxyl groups excluding tert-OH is 1. The molecule has 1 fully saturated rings. The third-order valence-corrected chi connectivity index (χ3v) is 5.40. The molecular weight excluding hydrogens is 322 g/mol. The molecule has 1 aromatic carbocycles. The maximum Gasteiger partial charge on any atom is 0.242 e. The van der Waals surface area contributed by atoms with Crippen molar-refractivity contribution in [3.63, 3.8) is 0 Å². The predicted octanol–water partition coefficient (Wildman–Crippen LogP) is 2.52. The molecule has 0 bridgehead atoms. The summed E-state index contributed by atoms with van der Waals surface area (Å²) >= 11 is 1.70. The molecule has 130 valence electrons. The molecule has 1 saturated carbocycles. The van der Waals surface area contributed by atoms with Gasteiger partial charge in [0, 0.05) is 19.5 Å². The van der Waals surface area contributed by atoms with Crippen molar-refractivity contribution in [3.8, 4) is 0 Å². The van der Waals surface area contributed by atoms with Crippen molar-refractivity contribution in [1.82, 2.24) is 14.5 Å². The van der Waals surface area contributed by atoms with Crippen LogP contribution in [-0.2, 0) is 17.1 Å². The molecule has 1 aliphatic carbocycles. The summed E-state index contributed by atoms with van der Waals surface area (Å²) in [4.78, 5) is 19.1. The molecule has 2 unspecified atom stereocenters. The van der Waals surface area contributed by atoms with Crippen molar-refractivity contribution in [2.75, 3.05) is 19.8 Å². The molecule has 0 spiro atoms. The van der Waals surface area contributed by atoms with Crippen LogP contribution < -0.4 is 0 Å². The summed E-state index contributed by atoms with van der Waals surface area (Å²) in [7, 11) is 1.83. The molecule has 3 rings (SSSR count). The van der Waals surface area contributed by atoms with Crippen molar-refractivity contribution in [2.24, 2.45) is 5.92 Å². The van der Waals surface area contributed by atoms with E-state index in [0.29, 0.717) is 13.1 Å². The number of benzene rings is 1. The minimum atomic E-state index is -0.263. The summed E-state index contributed by atoms with van der Waals surface area (Å²) in [6.07, 6.45) is 4.69. The number of hydrogen-bond donors (Lipinski definition) is 1. The Bertz CT molecular complexity index is 715. The van der Waals surface area contributed by atoms with Gasteiger partial charge in [0.2, 0.25) is 5.91 Å². The highest BCUT2D eigenvalue weighted by atomic mass is 32.2. The average molecular weight is 347 g/mol. The summed E-state index contributed by atoms with van der Waals surface area (Å²) in [5, 5.41) is 9.98. The molecule has 1 N–H and O–H groups in total. The Hall–Kier alpha value is -1.53. The Kier molecular flexibility index (Phi) is 5.46. The van der Waals surface area contributed by atoms with E-state index in [4.69, 9.17) is 0 Å². The first kappa shape index (κ1) is 17.3. The van der Waals surface area contributed by atoms with E-state index >= 15 is 0 Å². The molecule has 1 aliphatic rings. The van der Waals surface area contributed by atoms with E-state index < -0.39 is 0 Å². The van der Waals surface area contributed by atoms with Crippen LogP contribution in [0.2, 0.25) is 0 Å². The van der Waals surface area contributed by atoms with E-state index in [1.54, 1.807) is 16.7 Å². The van der Waals surface area contributed by atoms with Gasteiger partial charge in [-0.25, -0.2) is 4.98 Å². The van der Waals surface area contributed by atoms with Crippen LogP contribution >= 0.6 is 11.8 Å². The van der Waals surface area contributed by atoms with E-state index in [-0.39, 0.29) is 17.9 Å². The smallest absolute Gasteiger partial charge is 0.242 e. The summed E-state index contributed by atoms with van der Waals surface area (Å²) < 4.78 is 2.02. The number of thioether (sulfide) groups is 1. The lowest BCUT2D eigenvalue weighted by atomic mass is 10.1. The summed E-state index contributed by atoms with van der Waals surface area (Å²) in [6, 6.07) is 7.95. The van der Waals surface area contributed by atoms with Gasteiger partial charge in [-0.15, -0.1) is 0 Å². The van der Waals surface area contributed by atoms with E-state index in [2.05, 4.69) is 4.98 Å². The van der Waals surface area contributed by atoms with Gasteiger partial charge in [-0.3, -0.25) is 4.79 Å². The minimum absolute atomic E-state index is 0.0691. The number of fused-ring (bicyclic) bond motifs is 1. The lowest BCUT2D eigenvalue weighted by Gasteiger charge is -2.24. The number of rotatable bonds is 6. The molecule has 5 nitrogen and oxygen atoms in total. The SMILES string of the molecule is CSCc1nc2ccccc2n1CC(=O)N(C)CC1CCCC1O.